The Hall–Kier alpha value is -0.540. The van der Waals surface area contributed by atoms with Crippen LogP contribution in [0.3, 0.4) is 0 Å². The highest BCUT2D eigenvalue weighted by molar-refractivity contribution is 4.72. The number of hydrogen-bond donors (Lipinski definition) is 2. The van der Waals surface area contributed by atoms with E-state index in [1.54, 1.807) is 0 Å². The first kappa shape index (κ1) is 7.46. The molecule has 0 aliphatic heterocycles. The fraction of sp³-hybridized carbons (Fsp3) is 0.600. The van der Waals surface area contributed by atoms with Crippen molar-refractivity contribution >= 4 is 0 Å². The maximum atomic E-state index is 2.84. The van der Waals surface area contributed by atoms with Crippen molar-refractivity contribution in [3.63, 3.8) is 0 Å². The van der Waals surface area contributed by atoms with Gasteiger partial charge in [0.15, 0.2) is 0 Å². The van der Waals surface area contributed by atoms with Crippen LogP contribution < -0.4 is 11.0 Å². The van der Waals surface area contributed by atoms with Gasteiger partial charge in [0.25, 0.3) is 0 Å². The Kier molecular flexibility index (Phi) is 4.30. The second-order valence-corrected chi connectivity index (χ2v) is 1.46. The molecular weight excluding hydrogens is 102 g/mol. The zero-order valence-corrected chi connectivity index (χ0v) is 5.60. The highest BCUT2D eigenvalue weighted by Crippen LogP contribution is 1.72. The number of rotatable bonds is 3. The van der Waals surface area contributed by atoms with Crippen LogP contribution in [0.5, 0.6) is 0 Å². The minimum Gasteiger partial charge on any atom is -0.306 e. The van der Waals surface area contributed by atoms with Gasteiger partial charge in [-0.25, -0.2) is 5.43 Å². The molecule has 3 nitrogen and oxygen atoms in total. The van der Waals surface area contributed by atoms with Crippen LogP contribution in [0, 0.1) is 0 Å². The van der Waals surface area contributed by atoms with Gasteiger partial charge in [0.1, 0.15) is 0 Å². The second-order valence-electron chi connectivity index (χ2n) is 1.46. The van der Waals surface area contributed by atoms with Crippen molar-refractivity contribution in [3.8, 4) is 0 Å². The largest absolute Gasteiger partial charge is 0.306 e. The summed E-state index contributed by atoms with van der Waals surface area (Å²) in [6.07, 6.45) is 3.86. The van der Waals surface area contributed by atoms with Crippen LogP contribution in [-0.2, 0) is 0 Å². The van der Waals surface area contributed by atoms with Gasteiger partial charge >= 0.3 is 0 Å². The van der Waals surface area contributed by atoms with E-state index in [1.807, 2.05) is 38.3 Å². The molecule has 0 aromatic carbocycles. The summed E-state index contributed by atoms with van der Waals surface area (Å²) in [6.45, 7) is 1.97. The van der Waals surface area contributed by atoms with Gasteiger partial charge in [-0.2, -0.15) is 5.53 Å². The first-order valence-corrected chi connectivity index (χ1v) is 2.59. The Morgan fingerprint density at radius 1 is 1.50 bits per heavy atom. The molecular formula is C5H13N3. The SMILES string of the molecule is CC=CN(C)NNC. The number of nitrogens with one attached hydrogen (secondary N) is 2. The average molecular weight is 115 g/mol. The van der Waals surface area contributed by atoms with Crippen molar-refractivity contribution in [1.29, 1.82) is 0 Å². The first-order chi connectivity index (χ1) is 3.81. The molecule has 0 radical (unpaired) electrons. The Morgan fingerprint density at radius 3 is 2.50 bits per heavy atom. The lowest BCUT2D eigenvalue weighted by Crippen LogP contribution is -2.38. The topological polar surface area (TPSA) is 27.3 Å². The van der Waals surface area contributed by atoms with Gasteiger partial charge in [-0.1, -0.05) is 6.08 Å². The quantitative estimate of drug-likeness (QED) is 0.510. The zero-order valence-electron chi connectivity index (χ0n) is 5.60. The van der Waals surface area contributed by atoms with Gasteiger partial charge in [-0.15, -0.1) is 0 Å². The number of hydrazine groups is 2. The molecule has 0 atom stereocenters. The standard InChI is InChI=1S/C5H13N3/c1-4-5-8(3)7-6-2/h4-7H,1-3H3. The summed E-state index contributed by atoms with van der Waals surface area (Å²) in [6, 6.07) is 0. The minimum atomic E-state index is 1.82. The maximum Gasteiger partial charge on any atom is 0.0238 e. The Morgan fingerprint density at radius 2 is 2.12 bits per heavy atom. The smallest absolute Gasteiger partial charge is 0.0238 e. The molecule has 0 fully saturated rings. The molecule has 0 rings (SSSR count). The highest BCUT2D eigenvalue weighted by Gasteiger charge is 1.78. The van der Waals surface area contributed by atoms with E-state index in [2.05, 4.69) is 11.0 Å². The molecule has 2 N–H and O–H groups in total. The van der Waals surface area contributed by atoms with Crippen LogP contribution in [-0.4, -0.2) is 19.1 Å². The fourth-order valence-corrected chi connectivity index (χ4v) is 0.437. The van der Waals surface area contributed by atoms with Crippen molar-refractivity contribution in [2.45, 2.75) is 6.92 Å². The fourth-order valence-electron chi connectivity index (χ4n) is 0.437. The van der Waals surface area contributed by atoms with Crippen LogP contribution in [0.1, 0.15) is 6.92 Å². The molecule has 0 aliphatic carbocycles. The molecule has 0 aromatic rings. The summed E-state index contributed by atoms with van der Waals surface area (Å²) in [7, 11) is 3.73. The van der Waals surface area contributed by atoms with Crippen molar-refractivity contribution < 1.29 is 0 Å². The minimum absolute atomic E-state index is 1.82. The van der Waals surface area contributed by atoms with Gasteiger partial charge in [-0.3, -0.25) is 0 Å². The summed E-state index contributed by atoms with van der Waals surface area (Å²) < 4.78 is 0. The highest BCUT2D eigenvalue weighted by atomic mass is 15.7. The van der Waals surface area contributed by atoms with E-state index in [0.29, 0.717) is 0 Å². The van der Waals surface area contributed by atoms with E-state index in [9.17, 15) is 0 Å². The second kappa shape index (κ2) is 4.61. The zero-order chi connectivity index (χ0) is 6.41. The number of allylic oxidation sites excluding steroid dienone is 1. The Bertz CT molecular complexity index is 70.1. The van der Waals surface area contributed by atoms with E-state index in [-0.39, 0.29) is 0 Å². The predicted molar refractivity (Wildman–Crippen MR) is 34.8 cm³/mol. The predicted octanol–water partition coefficient (Wildman–Crippen LogP) is 0.0908. The van der Waals surface area contributed by atoms with Gasteiger partial charge < -0.3 is 5.01 Å². The monoisotopic (exact) mass is 115 g/mol. The lowest BCUT2D eigenvalue weighted by molar-refractivity contribution is 0.284. The van der Waals surface area contributed by atoms with E-state index in [1.165, 1.54) is 0 Å². The van der Waals surface area contributed by atoms with Crippen molar-refractivity contribution in [1.82, 2.24) is 16.0 Å². The Labute approximate surface area is 50.3 Å². The summed E-state index contributed by atoms with van der Waals surface area (Å²) in [5.41, 5.74) is 5.62. The molecule has 0 bridgehead atoms. The number of hydrogen-bond acceptors (Lipinski definition) is 3. The van der Waals surface area contributed by atoms with E-state index in [4.69, 9.17) is 0 Å². The first-order valence-electron chi connectivity index (χ1n) is 2.59. The molecule has 8 heavy (non-hydrogen) atoms. The molecule has 0 amide bonds. The van der Waals surface area contributed by atoms with Crippen LogP contribution in [0.2, 0.25) is 0 Å². The van der Waals surface area contributed by atoms with Crippen LogP contribution in [0.25, 0.3) is 0 Å². The third-order valence-corrected chi connectivity index (χ3v) is 0.661. The normalized spacial score (nSPS) is 10.4. The van der Waals surface area contributed by atoms with E-state index in [0.717, 1.165) is 0 Å². The lowest BCUT2D eigenvalue weighted by Gasteiger charge is -2.12. The molecule has 48 valence electrons. The molecule has 0 spiro atoms. The van der Waals surface area contributed by atoms with Crippen molar-refractivity contribution in [3.05, 3.63) is 12.3 Å². The summed E-state index contributed by atoms with van der Waals surface area (Å²) in [4.78, 5) is 0. The molecule has 3 heteroatoms. The molecule has 0 saturated carbocycles. The summed E-state index contributed by atoms with van der Waals surface area (Å²) >= 11 is 0. The van der Waals surface area contributed by atoms with Gasteiger partial charge in [0.05, 0.1) is 0 Å². The van der Waals surface area contributed by atoms with Crippen LogP contribution in [0.4, 0.5) is 0 Å². The summed E-state index contributed by atoms with van der Waals surface area (Å²) in [5, 5.41) is 1.82. The van der Waals surface area contributed by atoms with Crippen molar-refractivity contribution in [2.75, 3.05) is 14.1 Å². The van der Waals surface area contributed by atoms with Gasteiger partial charge in [0.2, 0.25) is 0 Å². The van der Waals surface area contributed by atoms with Gasteiger partial charge in [0, 0.05) is 20.3 Å². The van der Waals surface area contributed by atoms with Crippen LogP contribution >= 0.6 is 0 Å². The Balaban J connectivity index is 3.17. The van der Waals surface area contributed by atoms with E-state index >= 15 is 0 Å². The maximum absolute atomic E-state index is 2.84. The summed E-state index contributed by atoms with van der Waals surface area (Å²) in [5.74, 6) is 0. The third-order valence-electron chi connectivity index (χ3n) is 0.661. The molecule has 0 unspecified atom stereocenters. The molecule has 0 saturated heterocycles. The third kappa shape index (κ3) is 3.64. The van der Waals surface area contributed by atoms with Crippen molar-refractivity contribution in [2.24, 2.45) is 0 Å². The van der Waals surface area contributed by atoms with E-state index < -0.39 is 0 Å². The molecule has 0 aromatic heterocycles. The lowest BCUT2D eigenvalue weighted by atomic mass is 10.7. The molecule has 0 heterocycles. The number of nitrogens with zero attached hydrogens (tertiary/aromatic N) is 1. The molecule has 0 aliphatic rings. The van der Waals surface area contributed by atoms with Crippen LogP contribution in [0.15, 0.2) is 12.3 Å². The van der Waals surface area contributed by atoms with Gasteiger partial charge in [-0.05, 0) is 6.92 Å². The average Bonchev–Trinajstić information content (AvgIpc) is 1.68.